The molecule has 1 saturated heterocycles. The summed E-state index contributed by atoms with van der Waals surface area (Å²) in [4.78, 5) is 52.2. The van der Waals surface area contributed by atoms with E-state index in [1.807, 2.05) is 0 Å². The number of piperazine rings is 1. The Morgan fingerprint density at radius 3 is 2.20 bits per heavy atom. The highest BCUT2D eigenvalue weighted by Gasteiger charge is 2.42. The highest BCUT2D eigenvalue weighted by Crippen LogP contribution is 2.30. The number of hydrogen-bond donors (Lipinski definition) is 3. The van der Waals surface area contributed by atoms with Crippen molar-refractivity contribution in [3.05, 3.63) is 58.1 Å². The number of sulfonamides is 1. The predicted octanol–water partition coefficient (Wildman–Crippen LogP) is 2.38. The lowest BCUT2D eigenvalue weighted by molar-refractivity contribution is -0.154. The minimum atomic E-state index is -3.85. The number of carbonyl (C=O) groups excluding carboxylic acids is 4. The topological polar surface area (TPSA) is 169 Å². The Bertz CT molecular complexity index is 1550. The van der Waals surface area contributed by atoms with Crippen molar-refractivity contribution in [2.24, 2.45) is 0 Å². The standard InChI is InChI=1S/C31H42N4O9S/c1-18-13-25(42-7)19(2)20(3)27(18)45(40,41)33-15-21-9-11-22(12-10-21)17-35-24(14-26(36)43-8)28(37)34-23(29(35)38)16-32-30(39)44-31(4,5)6/h9-13,23-24,33H,14-17H2,1-8H3,(H,32,39)(H,34,37)/t23-,24+/m0/s1. The number of methoxy groups -OCH3 is 2. The zero-order valence-corrected chi connectivity index (χ0v) is 27.7. The Morgan fingerprint density at radius 1 is 1.00 bits per heavy atom. The molecule has 45 heavy (non-hydrogen) atoms. The van der Waals surface area contributed by atoms with Crippen molar-refractivity contribution in [2.75, 3.05) is 20.8 Å². The number of esters is 1. The van der Waals surface area contributed by atoms with E-state index in [0.29, 0.717) is 28.0 Å². The first-order valence-corrected chi connectivity index (χ1v) is 15.8. The zero-order chi connectivity index (χ0) is 33.7. The van der Waals surface area contributed by atoms with E-state index in [0.717, 1.165) is 5.56 Å². The van der Waals surface area contributed by atoms with Crippen LogP contribution in [0.5, 0.6) is 5.75 Å². The molecule has 14 heteroatoms. The molecule has 0 saturated carbocycles. The molecule has 13 nitrogen and oxygen atoms in total. The van der Waals surface area contributed by atoms with Crippen LogP contribution in [-0.4, -0.2) is 75.6 Å². The Labute approximate surface area is 264 Å². The van der Waals surface area contributed by atoms with Gasteiger partial charge in [-0.1, -0.05) is 24.3 Å². The fraction of sp³-hybridized carbons (Fsp3) is 0.484. The Hall–Kier alpha value is -4.17. The summed E-state index contributed by atoms with van der Waals surface area (Å²) in [6.45, 7) is 10.1. The fourth-order valence-corrected chi connectivity index (χ4v) is 6.49. The average Bonchev–Trinajstić information content (AvgIpc) is 2.96. The van der Waals surface area contributed by atoms with Gasteiger partial charge in [-0.15, -0.1) is 0 Å². The van der Waals surface area contributed by atoms with Crippen molar-refractivity contribution in [2.45, 2.75) is 83.6 Å². The maximum Gasteiger partial charge on any atom is 0.407 e. The van der Waals surface area contributed by atoms with Gasteiger partial charge in [-0.2, -0.15) is 0 Å². The van der Waals surface area contributed by atoms with Crippen LogP contribution in [0.3, 0.4) is 0 Å². The lowest BCUT2D eigenvalue weighted by Crippen LogP contribution is -2.65. The number of amides is 3. The van der Waals surface area contributed by atoms with Crippen molar-refractivity contribution in [1.29, 1.82) is 0 Å². The van der Waals surface area contributed by atoms with Gasteiger partial charge in [-0.25, -0.2) is 17.9 Å². The number of aryl methyl sites for hydroxylation is 1. The first kappa shape index (κ1) is 35.3. The van der Waals surface area contributed by atoms with Gasteiger partial charge in [0, 0.05) is 13.1 Å². The number of rotatable bonds is 11. The lowest BCUT2D eigenvalue weighted by Gasteiger charge is -2.38. The van der Waals surface area contributed by atoms with E-state index < -0.39 is 51.6 Å². The zero-order valence-electron chi connectivity index (χ0n) is 26.9. The van der Waals surface area contributed by atoms with Crippen LogP contribution in [0.2, 0.25) is 0 Å². The van der Waals surface area contributed by atoms with Crippen molar-refractivity contribution < 1.29 is 41.8 Å². The minimum Gasteiger partial charge on any atom is -0.496 e. The van der Waals surface area contributed by atoms with E-state index in [9.17, 15) is 27.6 Å². The predicted molar refractivity (Wildman–Crippen MR) is 165 cm³/mol. The van der Waals surface area contributed by atoms with E-state index in [4.69, 9.17) is 14.2 Å². The molecule has 3 rings (SSSR count). The van der Waals surface area contributed by atoms with Crippen molar-refractivity contribution in [3.63, 3.8) is 0 Å². The quantitative estimate of drug-likeness (QED) is 0.310. The second-order valence-electron chi connectivity index (χ2n) is 11.8. The van der Waals surface area contributed by atoms with Crippen molar-refractivity contribution in [1.82, 2.24) is 20.3 Å². The molecule has 0 radical (unpaired) electrons. The van der Waals surface area contributed by atoms with Crippen LogP contribution in [-0.2, 0) is 47.0 Å². The van der Waals surface area contributed by atoms with Gasteiger partial charge < -0.3 is 29.7 Å². The lowest BCUT2D eigenvalue weighted by atomic mass is 10.0. The summed E-state index contributed by atoms with van der Waals surface area (Å²) >= 11 is 0. The number of nitrogens with one attached hydrogen (secondary N) is 3. The molecule has 1 aliphatic rings. The van der Waals surface area contributed by atoms with Crippen LogP contribution in [0.15, 0.2) is 35.2 Å². The van der Waals surface area contributed by atoms with Gasteiger partial charge in [0.15, 0.2) is 0 Å². The highest BCUT2D eigenvalue weighted by molar-refractivity contribution is 7.89. The smallest absolute Gasteiger partial charge is 0.407 e. The maximum atomic E-state index is 13.5. The number of ether oxygens (including phenoxy) is 3. The highest BCUT2D eigenvalue weighted by atomic mass is 32.2. The third-order valence-corrected chi connectivity index (χ3v) is 9.01. The molecule has 0 aromatic heterocycles. The Morgan fingerprint density at radius 2 is 1.62 bits per heavy atom. The minimum absolute atomic E-state index is 0.0149. The molecular weight excluding hydrogens is 604 g/mol. The molecule has 3 N–H and O–H groups in total. The van der Waals surface area contributed by atoms with Crippen LogP contribution in [0.4, 0.5) is 4.79 Å². The maximum absolute atomic E-state index is 13.5. The molecule has 2 aromatic carbocycles. The largest absolute Gasteiger partial charge is 0.496 e. The van der Waals surface area contributed by atoms with E-state index in [2.05, 4.69) is 15.4 Å². The van der Waals surface area contributed by atoms with Crippen LogP contribution in [0.1, 0.15) is 55.0 Å². The van der Waals surface area contributed by atoms with E-state index in [1.54, 1.807) is 71.9 Å². The molecule has 0 unspecified atom stereocenters. The summed E-state index contributed by atoms with van der Waals surface area (Å²) in [6.07, 6.45) is -1.10. The second-order valence-corrected chi connectivity index (χ2v) is 13.5. The van der Waals surface area contributed by atoms with Gasteiger partial charge in [0.1, 0.15) is 23.4 Å². The summed E-state index contributed by atoms with van der Waals surface area (Å²) in [5.41, 5.74) is 2.45. The average molecular weight is 647 g/mol. The number of hydrogen-bond acceptors (Lipinski definition) is 9. The molecule has 0 spiro atoms. The van der Waals surface area contributed by atoms with E-state index in [-0.39, 0.29) is 31.0 Å². The number of benzene rings is 2. The third kappa shape index (κ3) is 8.94. The molecule has 0 aliphatic carbocycles. The van der Waals surface area contributed by atoms with Gasteiger partial charge in [0.2, 0.25) is 21.8 Å². The van der Waals surface area contributed by atoms with Gasteiger partial charge in [0.05, 0.1) is 32.1 Å². The number of alkyl carbamates (subject to hydrolysis) is 1. The van der Waals surface area contributed by atoms with Crippen LogP contribution < -0.4 is 20.1 Å². The molecule has 3 amide bonds. The van der Waals surface area contributed by atoms with Crippen LogP contribution in [0, 0.1) is 20.8 Å². The van der Waals surface area contributed by atoms with E-state index in [1.165, 1.54) is 19.1 Å². The van der Waals surface area contributed by atoms with Crippen molar-refractivity contribution >= 4 is 33.9 Å². The first-order valence-electron chi connectivity index (χ1n) is 14.3. The summed E-state index contributed by atoms with van der Waals surface area (Å²) in [5, 5.41) is 5.07. The first-order chi connectivity index (χ1) is 21.0. The fourth-order valence-electron chi connectivity index (χ4n) is 4.95. The summed E-state index contributed by atoms with van der Waals surface area (Å²) in [6, 6.07) is 6.32. The third-order valence-electron chi connectivity index (χ3n) is 7.32. The molecule has 2 atom stereocenters. The number of nitrogens with zero attached hydrogens (tertiary/aromatic N) is 1. The molecule has 0 bridgehead atoms. The summed E-state index contributed by atoms with van der Waals surface area (Å²) in [7, 11) is -1.12. The molecule has 1 fully saturated rings. The van der Waals surface area contributed by atoms with Crippen LogP contribution >= 0.6 is 0 Å². The van der Waals surface area contributed by atoms with Crippen LogP contribution in [0.25, 0.3) is 0 Å². The van der Waals surface area contributed by atoms with Gasteiger partial charge >= 0.3 is 12.1 Å². The molecule has 1 aliphatic heterocycles. The Kier molecular flexibility index (Phi) is 11.2. The molecular formula is C31H42N4O9S. The van der Waals surface area contributed by atoms with E-state index >= 15 is 0 Å². The van der Waals surface area contributed by atoms with Gasteiger partial charge in [0.25, 0.3) is 0 Å². The summed E-state index contributed by atoms with van der Waals surface area (Å²) in [5.74, 6) is -1.12. The molecule has 2 aromatic rings. The SMILES string of the molecule is COC(=O)C[C@@H]1C(=O)N[C@@H](CNC(=O)OC(C)(C)C)C(=O)N1Cc1ccc(CNS(=O)(=O)c2c(C)cc(OC)c(C)c2C)cc1. The number of carbonyl (C=O) groups is 4. The molecule has 246 valence electrons. The van der Waals surface area contributed by atoms with Crippen molar-refractivity contribution in [3.8, 4) is 5.75 Å². The monoisotopic (exact) mass is 646 g/mol. The van der Waals surface area contributed by atoms with Gasteiger partial charge in [-0.05, 0) is 75.4 Å². The molecule has 1 heterocycles. The van der Waals surface area contributed by atoms with Gasteiger partial charge in [-0.3, -0.25) is 14.4 Å². The second kappa shape index (κ2) is 14.3. The normalized spacial score (nSPS) is 17.0. The Balaban J connectivity index is 1.75. The summed E-state index contributed by atoms with van der Waals surface area (Å²) < 4.78 is 44.4.